The molecule has 4 nitrogen and oxygen atoms in total. The van der Waals surface area contributed by atoms with Gasteiger partial charge in [-0.15, -0.1) is 0 Å². The lowest BCUT2D eigenvalue weighted by atomic mass is 10.1. The number of hydrogen-bond donors (Lipinski definition) is 1. The van der Waals surface area contributed by atoms with Crippen LogP contribution in [0.3, 0.4) is 0 Å². The number of hydrogen-bond acceptors (Lipinski definition) is 4. The number of nitrogens with zero attached hydrogens (tertiary/aromatic N) is 2. The second-order valence-corrected chi connectivity index (χ2v) is 4.56. The fourth-order valence-electron chi connectivity index (χ4n) is 2.51. The zero-order valence-electron chi connectivity index (χ0n) is 8.91. The number of oxazole rings is 1. The molecule has 1 aliphatic heterocycles. The van der Waals surface area contributed by atoms with Gasteiger partial charge in [0.15, 0.2) is 0 Å². The Hall–Kier alpha value is -1.03. The minimum atomic E-state index is 0.617. The van der Waals surface area contributed by atoms with Gasteiger partial charge in [0.25, 0.3) is 6.01 Å². The number of aryl methyl sites for hydroxylation is 2. The van der Waals surface area contributed by atoms with Crippen molar-refractivity contribution in [1.82, 2.24) is 4.98 Å². The van der Waals surface area contributed by atoms with Gasteiger partial charge < -0.3 is 15.1 Å². The second-order valence-electron chi connectivity index (χ2n) is 4.56. The fraction of sp³-hybridized carbons (Fsp3) is 0.727. The number of nitrogens with two attached hydrogens (primary N) is 1. The van der Waals surface area contributed by atoms with E-state index in [1.165, 1.54) is 18.5 Å². The zero-order chi connectivity index (χ0) is 10.3. The SMILES string of the molecule is NCC1CCN(c2nc3c(o2)CCC3)C1. The van der Waals surface area contributed by atoms with Crippen LogP contribution >= 0.6 is 0 Å². The maximum absolute atomic E-state index is 5.78. The van der Waals surface area contributed by atoms with Crippen molar-refractivity contribution in [1.29, 1.82) is 0 Å². The molecule has 0 bridgehead atoms. The van der Waals surface area contributed by atoms with Crippen LogP contribution in [-0.4, -0.2) is 24.6 Å². The van der Waals surface area contributed by atoms with E-state index < -0.39 is 0 Å². The molecule has 1 saturated heterocycles. The van der Waals surface area contributed by atoms with Gasteiger partial charge in [0.1, 0.15) is 5.76 Å². The molecule has 1 fully saturated rings. The Balaban J connectivity index is 1.76. The van der Waals surface area contributed by atoms with Crippen LogP contribution < -0.4 is 10.6 Å². The summed E-state index contributed by atoms with van der Waals surface area (Å²) in [6.45, 7) is 2.83. The Morgan fingerprint density at radius 3 is 3.13 bits per heavy atom. The van der Waals surface area contributed by atoms with Crippen LogP contribution in [0.4, 0.5) is 6.01 Å². The Kier molecular flexibility index (Phi) is 2.16. The van der Waals surface area contributed by atoms with E-state index in [0.717, 1.165) is 44.3 Å². The van der Waals surface area contributed by atoms with Crippen molar-refractivity contribution in [3.8, 4) is 0 Å². The molecular weight excluding hydrogens is 190 g/mol. The van der Waals surface area contributed by atoms with E-state index in [1.54, 1.807) is 0 Å². The van der Waals surface area contributed by atoms with Gasteiger partial charge in [0.05, 0.1) is 5.69 Å². The van der Waals surface area contributed by atoms with Gasteiger partial charge in [0.2, 0.25) is 0 Å². The highest BCUT2D eigenvalue weighted by Crippen LogP contribution is 2.29. The average molecular weight is 207 g/mol. The predicted octanol–water partition coefficient (Wildman–Crippen LogP) is 0.948. The molecule has 1 aliphatic carbocycles. The van der Waals surface area contributed by atoms with Crippen LogP contribution in [0.15, 0.2) is 4.42 Å². The second kappa shape index (κ2) is 3.52. The molecule has 3 rings (SSSR count). The molecule has 1 aromatic rings. The van der Waals surface area contributed by atoms with Gasteiger partial charge in [-0.2, -0.15) is 4.98 Å². The van der Waals surface area contributed by atoms with Crippen molar-refractivity contribution in [2.75, 3.05) is 24.5 Å². The van der Waals surface area contributed by atoms with Gasteiger partial charge in [-0.05, 0) is 31.7 Å². The Bertz CT molecular complexity index is 339. The molecule has 2 N–H and O–H groups in total. The van der Waals surface area contributed by atoms with E-state index in [1.807, 2.05) is 0 Å². The number of aromatic nitrogens is 1. The van der Waals surface area contributed by atoms with Crippen LogP contribution in [0.2, 0.25) is 0 Å². The molecule has 1 unspecified atom stereocenters. The number of anilines is 1. The molecule has 0 amide bonds. The summed E-state index contributed by atoms with van der Waals surface area (Å²) in [6, 6.07) is 0.829. The first-order valence-electron chi connectivity index (χ1n) is 5.80. The molecule has 82 valence electrons. The fourth-order valence-corrected chi connectivity index (χ4v) is 2.51. The summed E-state index contributed by atoms with van der Waals surface area (Å²) in [4.78, 5) is 6.79. The minimum Gasteiger partial charge on any atom is -0.428 e. The van der Waals surface area contributed by atoms with E-state index in [9.17, 15) is 0 Å². The van der Waals surface area contributed by atoms with E-state index in [0.29, 0.717) is 5.92 Å². The topological polar surface area (TPSA) is 55.3 Å². The van der Waals surface area contributed by atoms with E-state index >= 15 is 0 Å². The highest BCUT2D eigenvalue weighted by molar-refractivity contribution is 5.33. The molecule has 1 atom stereocenters. The molecular formula is C11H17N3O. The highest BCUT2D eigenvalue weighted by atomic mass is 16.4. The van der Waals surface area contributed by atoms with Gasteiger partial charge in [0, 0.05) is 19.5 Å². The largest absolute Gasteiger partial charge is 0.428 e. The Morgan fingerprint density at radius 1 is 1.47 bits per heavy atom. The quantitative estimate of drug-likeness (QED) is 0.784. The third-order valence-electron chi connectivity index (χ3n) is 3.47. The summed E-state index contributed by atoms with van der Waals surface area (Å²) < 4.78 is 5.78. The van der Waals surface area contributed by atoms with E-state index in [-0.39, 0.29) is 0 Å². The normalized spacial score (nSPS) is 24.9. The van der Waals surface area contributed by atoms with E-state index in [2.05, 4.69) is 9.88 Å². The molecule has 4 heteroatoms. The highest BCUT2D eigenvalue weighted by Gasteiger charge is 2.27. The minimum absolute atomic E-state index is 0.617. The van der Waals surface area contributed by atoms with Crippen LogP contribution in [0.25, 0.3) is 0 Å². The smallest absolute Gasteiger partial charge is 0.297 e. The lowest BCUT2D eigenvalue weighted by Gasteiger charge is -2.12. The predicted molar refractivity (Wildman–Crippen MR) is 57.9 cm³/mol. The van der Waals surface area contributed by atoms with Crippen LogP contribution in [-0.2, 0) is 12.8 Å². The monoisotopic (exact) mass is 207 g/mol. The lowest BCUT2D eigenvalue weighted by Crippen LogP contribution is -2.22. The van der Waals surface area contributed by atoms with Crippen LogP contribution in [0.1, 0.15) is 24.3 Å². The summed E-state index contributed by atoms with van der Waals surface area (Å²) in [5.41, 5.74) is 6.85. The Morgan fingerprint density at radius 2 is 2.40 bits per heavy atom. The third kappa shape index (κ3) is 1.53. The molecule has 2 heterocycles. The van der Waals surface area contributed by atoms with Crippen molar-refractivity contribution >= 4 is 6.01 Å². The van der Waals surface area contributed by atoms with Crippen LogP contribution in [0, 0.1) is 5.92 Å². The molecule has 0 radical (unpaired) electrons. The first-order valence-corrected chi connectivity index (χ1v) is 5.80. The maximum Gasteiger partial charge on any atom is 0.297 e. The number of fused-ring (bicyclic) bond motifs is 1. The van der Waals surface area contributed by atoms with Gasteiger partial charge in [-0.25, -0.2) is 0 Å². The molecule has 0 saturated carbocycles. The molecule has 2 aliphatic rings. The standard InChI is InChI=1S/C11H17N3O/c12-6-8-4-5-14(7-8)11-13-9-2-1-3-10(9)15-11/h8H,1-7,12H2. The van der Waals surface area contributed by atoms with Gasteiger partial charge in [-0.1, -0.05) is 0 Å². The summed E-state index contributed by atoms with van der Waals surface area (Å²) in [6.07, 6.45) is 4.53. The molecule has 0 spiro atoms. The maximum atomic E-state index is 5.78. The first-order chi connectivity index (χ1) is 7.36. The van der Waals surface area contributed by atoms with Crippen molar-refractivity contribution in [2.24, 2.45) is 11.7 Å². The van der Waals surface area contributed by atoms with Crippen LogP contribution in [0.5, 0.6) is 0 Å². The van der Waals surface area contributed by atoms with Gasteiger partial charge in [-0.3, -0.25) is 0 Å². The summed E-state index contributed by atoms with van der Waals surface area (Å²) in [7, 11) is 0. The molecule has 0 aromatic carbocycles. The van der Waals surface area contributed by atoms with Crippen molar-refractivity contribution in [3.05, 3.63) is 11.5 Å². The van der Waals surface area contributed by atoms with Crippen molar-refractivity contribution in [3.63, 3.8) is 0 Å². The lowest BCUT2D eigenvalue weighted by molar-refractivity contribution is 0.499. The van der Waals surface area contributed by atoms with E-state index in [4.69, 9.17) is 10.2 Å². The van der Waals surface area contributed by atoms with Gasteiger partial charge >= 0.3 is 0 Å². The first kappa shape index (κ1) is 9.21. The summed E-state index contributed by atoms with van der Waals surface area (Å²) in [5.74, 6) is 1.73. The third-order valence-corrected chi connectivity index (χ3v) is 3.47. The molecule has 1 aromatic heterocycles. The van der Waals surface area contributed by atoms with Crippen molar-refractivity contribution in [2.45, 2.75) is 25.7 Å². The molecule has 15 heavy (non-hydrogen) atoms. The summed E-state index contributed by atoms with van der Waals surface area (Å²) >= 11 is 0. The van der Waals surface area contributed by atoms with Crippen molar-refractivity contribution < 1.29 is 4.42 Å². The zero-order valence-corrected chi connectivity index (χ0v) is 8.91. The number of rotatable bonds is 2. The Labute approximate surface area is 89.5 Å². The average Bonchev–Trinajstić information content (AvgIpc) is 2.91. The summed E-state index contributed by atoms with van der Waals surface area (Å²) in [5, 5.41) is 0.